The molecule has 5 N–H and O–H groups in total. The van der Waals surface area contributed by atoms with Crippen LogP contribution in [0.4, 0.5) is 11.4 Å². The number of carboxylic acid groups (broad SMARTS) is 2. The van der Waals surface area contributed by atoms with Crippen LogP contribution in [0.1, 0.15) is 30.1 Å². The Balaban J connectivity index is 1.92. The van der Waals surface area contributed by atoms with E-state index in [1.54, 1.807) is 31.2 Å². The third-order valence-corrected chi connectivity index (χ3v) is 4.99. The first-order valence-electron chi connectivity index (χ1n) is 8.81. The van der Waals surface area contributed by atoms with E-state index in [1.807, 2.05) is 0 Å². The molecule has 2 aromatic rings. The molecule has 0 heterocycles. The summed E-state index contributed by atoms with van der Waals surface area (Å²) in [6, 6.07) is 10.5. The first-order valence-corrected chi connectivity index (χ1v) is 9.69. The number of carboxylic acids is 2. The minimum atomic E-state index is -1.30. The fraction of sp³-hybridized carbons (Fsp3) is 0.200. The Hall–Kier alpha value is -3.53. The molecule has 1 atom stereocenters. The maximum Gasteiger partial charge on any atom is 0.339 e. The average molecular weight is 432 g/mol. The number of benzene rings is 2. The maximum absolute atomic E-state index is 12.4. The molecule has 30 heavy (non-hydrogen) atoms. The van der Waals surface area contributed by atoms with Gasteiger partial charge in [-0.2, -0.15) is 0 Å². The Bertz CT molecular complexity index is 960. The number of carbonyl (C=O) groups is 4. The van der Waals surface area contributed by atoms with Gasteiger partial charge in [0.25, 0.3) is 0 Å². The Morgan fingerprint density at radius 1 is 0.933 bits per heavy atom. The van der Waals surface area contributed by atoms with E-state index >= 15 is 0 Å². The Morgan fingerprint density at radius 3 is 2.17 bits per heavy atom. The number of aromatic carboxylic acids is 1. The van der Waals surface area contributed by atoms with Gasteiger partial charge in [0.15, 0.2) is 0 Å². The van der Waals surface area contributed by atoms with Crippen molar-refractivity contribution in [2.45, 2.75) is 29.9 Å². The van der Waals surface area contributed by atoms with E-state index in [1.165, 1.54) is 30.0 Å². The number of anilines is 2. The fourth-order valence-corrected chi connectivity index (χ4v) is 3.21. The molecule has 0 radical (unpaired) electrons. The number of aliphatic carboxylic acids is 1. The first-order chi connectivity index (χ1) is 14.2. The number of rotatable bonds is 9. The predicted molar refractivity (Wildman–Crippen MR) is 111 cm³/mol. The van der Waals surface area contributed by atoms with Gasteiger partial charge in [-0.3, -0.25) is 14.4 Å². The quantitative estimate of drug-likeness (QED) is 0.299. The van der Waals surface area contributed by atoms with Crippen molar-refractivity contribution in [1.82, 2.24) is 0 Å². The largest absolute Gasteiger partial charge is 0.507 e. The summed E-state index contributed by atoms with van der Waals surface area (Å²) >= 11 is 1.26. The van der Waals surface area contributed by atoms with Crippen LogP contribution in [0.2, 0.25) is 0 Å². The molecule has 2 amide bonds. The molecule has 2 rings (SSSR count). The molecule has 0 fully saturated rings. The molecular weight excluding hydrogens is 412 g/mol. The lowest BCUT2D eigenvalue weighted by Gasteiger charge is -2.13. The average Bonchev–Trinajstić information content (AvgIpc) is 2.69. The smallest absolute Gasteiger partial charge is 0.339 e. The molecule has 0 aliphatic heterocycles. The molecule has 0 spiro atoms. The molecule has 9 nitrogen and oxygen atoms in total. The van der Waals surface area contributed by atoms with Crippen molar-refractivity contribution < 1.29 is 34.5 Å². The third-order valence-electron chi connectivity index (χ3n) is 3.88. The van der Waals surface area contributed by atoms with Crippen molar-refractivity contribution in [3.05, 3.63) is 48.0 Å². The fourth-order valence-electron chi connectivity index (χ4n) is 2.35. The van der Waals surface area contributed by atoms with Gasteiger partial charge in [0.1, 0.15) is 11.3 Å². The van der Waals surface area contributed by atoms with Gasteiger partial charge >= 0.3 is 11.9 Å². The maximum atomic E-state index is 12.4. The van der Waals surface area contributed by atoms with E-state index in [4.69, 9.17) is 10.2 Å². The van der Waals surface area contributed by atoms with Gasteiger partial charge in [-0.25, -0.2) is 4.79 Å². The minimum Gasteiger partial charge on any atom is -0.507 e. The zero-order valence-electron chi connectivity index (χ0n) is 15.9. The van der Waals surface area contributed by atoms with Crippen LogP contribution in [0.3, 0.4) is 0 Å². The molecule has 158 valence electrons. The van der Waals surface area contributed by atoms with E-state index in [2.05, 4.69) is 10.6 Å². The van der Waals surface area contributed by atoms with Gasteiger partial charge in [0, 0.05) is 22.7 Å². The van der Waals surface area contributed by atoms with Gasteiger partial charge in [0.05, 0.1) is 11.7 Å². The van der Waals surface area contributed by atoms with Gasteiger partial charge in [-0.05, 0) is 49.4 Å². The van der Waals surface area contributed by atoms with E-state index in [-0.39, 0.29) is 30.0 Å². The highest BCUT2D eigenvalue weighted by Crippen LogP contribution is 2.27. The molecule has 0 aliphatic carbocycles. The summed E-state index contributed by atoms with van der Waals surface area (Å²) in [6.45, 7) is 1.68. The summed E-state index contributed by atoms with van der Waals surface area (Å²) < 4.78 is 0. The second-order valence-corrected chi connectivity index (χ2v) is 7.67. The van der Waals surface area contributed by atoms with Crippen molar-refractivity contribution in [2.24, 2.45) is 0 Å². The van der Waals surface area contributed by atoms with Crippen LogP contribution < -0.4 is 10.6 Å². The SMILES string of the molecule is CC(Sc1ccc(NC(=O)CCC(=O)O)cc1)C(=O)Nc1ccc(O)c(C(=O)O)c1. The number of phenols is 1. The topological polar surface area (TPSA) is 153 Å². The number of hydrogen-bond acceptors (Lipinski definition) is 6. The molecule has 10 heteroatoms. The first kappa shape index (κ1) is 22.8. The van der Waals surface area contributed by atoms with Gasteiger partial charge in [-0.1, -0.05) is 0 Å². The monoisotopic (exact) mass is 432 g/mol. The van der Waals surface area contributed by atoms with Crippen LogP contribution in [0.15, 0.2) is 47.4 Å². The van der Waals surface area contributed by atoms with Gasteiger partial charge in [-0.15, -0.1) is 11.8 Å². The lowest BCUT2D eigenvalue weighted by atomic mass is 10.2. The van der Waals surface area contributed by atoms with Crippen molar-refractivity contribution in [3.63, 3.8) is 0 Å². The number of carbonyl (C=O) groups excluding carboxylic acids is 2. The summed E-state index contributed by atoms with van der Waals surface area (Å²) in [7, 11) is 0. The summed E-state index contributed by atoms with van der Waals surface area (Å²) in [4.78, 5) is 46.3. The molecule has 2 aromatic carbocycles. The van der Waals surface area contributed by atoms with Crippen molar-refractivity contribution in [1.29, 1.82) is 0 Å². The molecule has 0 saturated carbocycles. The zero-order valence-corrected chi connectivity index (χ0v) is 16.7. The second kappa shape index (κ2) is 10.3. The minimum absolute atomic E-state index is 0.121. The highest BCUT2D eigenvalue weighted by Gasteiger charge is 2.17. The summed E-state index contributed by atoms with van der Waals surface area (Å²) in [6.07, 6.45) is -0.370. The van der Waals surface area contributed by atoms with E-state index in [9.17, 15) is 24.3 Å². The van der Waals surface area contributed by atoms with E-state index in [0.717, 1.165) is 4.90 Å². The van der Waals surface area contributed by atoms with Crippen molar-refractivity contribution in [3.8, 4) is 5.75 Å². The molecule has 0 aliphatic rings. The number of nitrogens with one attached hydrogen (secondary N) is 2. The predicted octanol–water partition coefficient (Wildman–Crippen LogP) is 3.01. The van der Waals surface area contributed by atoms with Crippen LogP contribution in [0.25, 0.3) is 0 Å². The molecular formula is C20H20N2O7S. The highest BCUT2D eigenvalue weighted by atomic mass is 32.2. The normalized spacial score (nSPS) is 11.4. The van der Waals surface area contributed by atoms with Crippen LogP contribution >= 0.6 is 11.8 Å². The Kier molecular flexibility index (Phi) is 7.82. The summed E-state index contributed by atoms with van der Waals surface area (Å²) in [5, 5.41) is 31.8. The second-order valence-electron chi connectivity index (χ2n) is 6.25. The van der Waals surface area contributed by atoms with Gasteiger partial charge in [0.2, 0.25) is 11.8 Å². The Labute approximate surface area is 176 Å². The van der Waals surface area contributed by atoms with E-state index < -0.39 is 28.8 Å². The van der Waals surface area contributed by atoms with Crippen molar-refractivity contribution >= 4 is 46.9 Å². The Morgan fingerprint density at radius 2 is 1.57 bits per heavy atom. The number of thioether (sulfide) groups is 1. The number of aromatic hydroxyl groups is 1. The van der Waals surface area contributed by atoms with Crippen LogP contribution in [0, 0.1) is 0 Å². The van der Waals surface area contributed by atoms with Crippen LogP contribution in [-0.2, 0) is 14.4 Å². The molecule has 0 saturated heterocycles. The molecule has 1 unspecified atom stereocenters. The lowest BCUT2D eigenvalue weighted by molar-refractivity contribution is -0.138. The standard InChI is InChI=1S/C20H20N2O7S/c1-11(19(27)22-13-4-7-16(23)15(10-13)20(28)29)30-14-5-2-12(3-6-14)21-17(24)8-9-18(25)26/h2-7,10-11,23H,8-9H2,1H3,(H,21,24)(H,22,27)(H,25,26)(H,28,29). The molecule has 0 aromatic heterocycles. The molecule has 0 bridgehead atoms. The van der Waals surface area contributed by atoms with Crippen LogP contribution in [0.5, 0.6) is 5.75 Å². The van der Waals surface area contributed by atoms with Crippen molar-refractivity contribution in [2.75, 3.05) is 10.6 Å². The highest BCUT2D eigenvalue weighted by molar-refractivity contribution is 8.00. The van der Waals surface area contributed by atoms with Gasteiger partial charge < -0.3 is 26.0 Å². The number of hydrogen-bond donors (Lipinski definition) is 5. The number of amides is 2. The summed E-state index contributed by atoms with van der Waals surface area (Å²) in [5.41, 5.74) is 0.452. The van der Waals surface area contributed by atoms with E-state index in [0.29, 0.717) is 5.69 Å². The van der Waals surface area contributed by atoms with Crippen LogP contribution in [-0.4, -0.2) is 44.3 Å². The zero-order chi connectivity index (χ0) is 22.3. The summed E-state index contributed by atoms with van der Waals surface area (Å²) in [5.74, 6) is -3.50. The lowest BCUT2D eigenvalue weighted by Crippen LogP contribution is -2.22. The third kappa shape index (κ3) is 6.82.